The topological polar surface area (TPSA) is 23.6 Å². The third-order valence-corrected chi connectivity index (χ3v) is 5.65. The van der Waals surface area contributed by atoms with Gasteiger partial charge in [0, 0.05) is 9.79 Å². The largest absolute Gasteiger partial charge is 0.294 e. The van der Waals surface area contributed by atoms with E-state index in [1.165, 1.54) is 0 Å². The van der Waals surface area contributed by atoms with Crippen LogP contribution in [0.25, 0.3) is 0 Å². The molecule has 0 aromatic heterocycles. The smallest absolute Gasteiger partial charge is 0.253 e. The van der Waals surface area contributed by atoms with E-state index in [2.05, 4.69) is 12.1 Å². The number of amides is 1. The van der Waals surface area contributed by atoms with Gasteiger partial charge in [-0.3, -0.25) is 14.6 Å². The van der Waals surface area contributed by atoms with Crippen molar-refractivity contribution in [2.75, 3.05) is 19.0 Å². The van der Waals surface area contributed by atoms with Crippen LogP contribution in [0.3, 0.4) is 0 Å². The summed E-state index contributed by atoms with van der Waals surface area (Å²) in [5.74, 6) is 0.0569. The lowest BCUT2D eigenvalue weighted by Gasteiger charge is -2.35. The number of likely N-dealkylation sites (N-methyl/N-ethyl adjacent to an activating group) is 1. The Hall–Kier alpha value is -2.56. The number of hydrogen-bond acceptors (Lipinski definition) is 3. The Kier molecular flexibility index (Phi) is 4.53. The molecular weight excluding hydrogens is 340 g/mol. The minimum Gasteiger partial charge on any atom is -0.294 e. The van der Waals surface area contributed by atoms with Crippen molar-refractivity contribution in [3.63, 3.8) is 0 Å². The van der Waals surface area contributed by atoms with Crippen LogP contribution in [0.1, 0.15) is 11.6 Å². The molecule has 1 atom stereocenters. The summed E-state index contributed by atoms with van der Waals surface area (Å²) in [6.45, 7) is 0. The normalized spacial score (nSPS) is 13.9. The number of carbonyl (C=O) groups is 1. The molecule has 26 heavy (non-hydrogen) atoms. The molecule has 1 aliphatic heterocycles. The fraction of sp³-hybridized carbons (Fsp3) is 0.136. The van der Waals surface area contributed by atoms with Gasteiger partial charge in [-0.05, 0) is 43.9 Å². The zero-order chi connectivity index (χ0) is 18.1. The number of rotatable bonds is 3. The highest BCUT2D eigenvalue weighted by atomic mass is 32.2. The first-order chi connectivity index (χ1) is 12.7. The average molecular weight is 360 g/mol. The van der Waals surface area contributed by atoms with E-state index in [0.29, 0.717) is 0 Å². The van der Waals surface area contributed by atoms with E-state index in [1.54, 1.807) is 11.8 Å². The molecule has 0 saturated heterocycles. The molecule has 4 rings (SSSR count). The Balaban J connectivity index is 1.85. The number of fused-ring (bicyclic) bond motifs is 2. The summed E-state index contributed by atoms with van der Waals surface area (Å²) in [4.78, 5) is 19.8. The third-order valence-electron chi connectivity index (χ3n) is 4.52. The standard InChI is InChI=1S/C22H20N2OS/c1-23(2)21(16-10-4-3-5-11-16)22(25)24-17-12-6-8-14-19(17)26-20-15-9-7-13-18(20)24/h3-15,21H,1-2H3/t21-/m0/s1. The fourth-order valence-corrected chi connectivity index (χ4v) is 4.42. The molecule has 1 aliphatic rings. The summed E-state index contributed by atoms with van der Waals surface area (Å²) in [6.07, 6.45) is 0. The van der Waals surface area contributed by atoms with E-state index in [0.717, 1.165) is 26.7 Å². The van der Waals surface area contributed by atoms with Crippen molar-refractivity contribution in [1.82, 2.24) is 4.90 Å². The van der Waals surface area contributed by atoms with Crippen LogP contribution in [-0.2, 0) is 4.79 Å². The maximum Gasteiger partial charge on any atom is 0.253 e. The summed E-state index contributed by atoms with van der Waals surface area (Å²) in [5.41, 5.74) is 2.89. The highest BCUT2D eigenvalue weighted by Gasteiger charge is 2.34. The minimum atomic E-state index is -0.347. The molecule has 0 bridgehead atoms. The fourth-order valence-electron chi connectivity index (χ4n) is 3.36. The lowest BCUT2D eigenvalue weighted by Crippen LogP contribution is -2.39. The molecule has 130 valence electrons. The van der Waals surface area contributed by atoms with E-state index < -0.39 is 0 Å². The first kappa shape index (κ1) is 16.9. The van der Waals surface area contributed by atoms with E-state index in [1.807, 2.05) is 90.6 Å². The Labute approximate surface area is 158 Å². The van der Waals surface area contributed by atoms with Crippen molar-refractivity contribution in [2.45, 2.75) is 15.8 Å². The van der Waals surface area contributed by atoms with Crippen LogP contribution in [0, 0.1) is 0 Å². The van der Waals surface area contributed by atoms with Crippen LogP contribution in [0.15, 0.2) is 88.7 Å². The zero-order valence-electron chi connectivity index (χ0n) is 14.8. The number of anilines is 2. The predicted octanol–water partition coefficient (Wildman–Crippen LogP) is 5.12. The Morgan fingerprint density at radius 3 is 1.85 bits per heavy atom. The van der Waals surface area contributed by atoms with Gasteiger partial charge < -0.3 is 0 Å². The summed E-state index contributed by atoms with van der Waals surface area (Å²) in [6, 6.07) is 25.8. The first-order valence-electron chi connectivity index (χ1n) is 8.58. The molecule has 0 spiro atoms. The molecule has 3 nitrogen and oxygen atoms in total. The monoisotopic (exact) mass is 360 g/mol. The van der Waals surface area contributed by atoms with Crippen LogP contribution >= 0.6 is 11.8 Å². The van der Waals surface area contributed by atoms with Gasteiger partial charge in [0.25, 0.3) is 5.91 Å². The van der Waals surface area contributed by atoms with Gasteiger partial charge in [-0.2, -0.15) is 0 Å². The average Bonchev–Trinajstić information content (AvgIpc) is 2.66. The molecule has 1 amide bonds. The van der Waals surface area contributed by atoms with Crippen molar-refractivity contribution >= 4 is 29.0 Å². The van der Waals surface area contributed by atoms with Crippen LogP contribution in [0.5, 0.6) is 0 Å². The SMILES string of the molecule is CN(C)[C@H](C(=O)N1c2ccccc2Sc2ccccc21)c1ccccc1. The first-order valence-corrected chi connectivity index (χ1v) is 9.40. The Morgan fingerprint density at radius 1 is 0.808 bits per heavy atom. The molecule has 0 aliphatic carbocycles. The summed E-state index contributed by atoms with van der Waals surface area (Å²) in [5, 5.41) is 0. The van der Waals surface area contributed by atoms with E-state index in [4.69, 9.17) is 0 Å². The van der Waals surface area contributed by atoms with Gasteiger partial charge in [-0.25, -0.2) is 0 Å². The van der Waals surface area contributed by atoms with Gasteiger partial charge in [0.15, 0.2) is 0 Å². The van der Waals surface area contributed by atoms with Crippen molar-refractivity contribution in [2.24, 2.45) is 0 Å². The Bertz CT molecular complexity index is 894. The van der Waals surface area contributed by atoms with Crippen LogP contribution in [-0.4, -0.2) is 24.9 Å². The van der Waals surface area contributed by atoms with Crippen molar-refractivity contribution in [3.05, 3.63) is 84.4 Å². The molecule has 1 heterocycles. The maximum atomic E-state index is 13.7. The van der Waals surface area contributed by atoms with Gasteiger partial charge in [0.05, 0.1) is 11.4 Å². The molecule has 3 aromatic carbocycles. The predicted molar refractivity (Wildman–Crippen MR) is 107 cm³/mol. The van der Waals surface area contributed by atoms with E-state index in [9.17, 15) is 4.79 Å². The second kappa shape index (κ2) is 6.98. The van der Waals surface area contributed by atoms with Crippen LogP contribution in [0.4, 0.5) is 11.4 Å². The number of hydrogen-bond donors (Lipinski definition) is 0. The van der Waals surface area contributed by atoms with Crippen molar-refractivity contribution in [3.8, 4) is 0 Å². The molecule has 3 aromatic rings. The third kappa shape index (κ3) is 2.91. The highest BCUT2D eigenvalue weighted by Crippen LogP contribution is 2.48. The van der Waals surface area contributed by atoms with Gasteiger partial charge >= 0.3 is 0 Å². The number of nitrogens with zero attached hydrogens (tertiary/aromatic N) is 2. The summed E-state index contributed by atoms with van der Waals surface area (Å²) >= 11 is 1.71. The van der Waals surface area contributed by atoms with Gasteiger partial charge in [-0.15, -0.1) is 0 Å². The highest BCUT2D eigenvalue weighted by molar-refractivity contribution is 7.99. The number of carbonyl (C=O) groups excluding carboxylic acids is 1. The summed E-state index contributed by atoms with van der Waals surface area (Å²) in [7, 11) is 3.90. The van der Waals surface area contributed by atoms with Crippen LogP contribution < -0.4 is 4.90 Å². The molecule has 0 radical (unpaired) electrons. The lowest BCUT2D eigenvalue weighted by molar-refractivity contribution is -0.122. The van der Waals surface area contributed by atoms with Gasteiger partial charge in [0.2, 0.25) is 0 Å². The maximum absolute atomic E-state index is 13.7. The quantitative estimate of drug-likeness (QED) is 0.648. The Morgan fingerprint density at radius 2 is 1.31 bits per heavy atom. The summed E-state index contributed by atoms with van der Waals surface area (Å²) < 4.78 is 0. The zero-order valence-corrected chi connectivity index (χ0v) is 15.6. The van der Waals surface area contributed by atoms with Crippen molar-refractivity contribution in [1.29, 1.82) is 0 Å². The van der Waals surface area contributed by atoms with E-state index in [-0.39, 0.29) is 11.9 Å². The molecule has 0 fully saturated rings. The second-order valence-corrected chi connectivity index (χ2v) is 7.57. The molecule has 0 unspecified atom stereocenters. The number of para-hydroxylation sites is 2. The lowest BCUT2D eigenvalue weighted by atomic mass is 10.0. The van der Waals surface area contributed by atoms with E-state index >= 15 is 0 Å². The van der Waals surface area contributed by atoms with Gasteiger partial charge in [0.1, 0.15) is 6.04 Å². The van der Waals surface area contributed by atoms with Crippen molar-refractivity contribution < 1.29 is 4.79 Å². The number of benzene rings is 3. The molecular formula is C22H20N2OS. The minimum absolute atomic E-state index is 0.0569. The molecule has 0 N–H and O–H groups in total. The molecule has 0 saturated carbocycles. The second-order valence-electron chi connectivity index (χ2n) is 6.49. The molecule has 4 heteroatoms. The van der Waals surface area contributed by atoms with Gasteiger partial charge in [-0.1, -0.05) is 66.4 Å². The van der Waals surface area contributed by atoms with Crippen LogP contribution in [0.2, 0.25) is 0 Å².